The minimum Gasteiger partial charge on any atom is -0.497 e. The summed E-state index contributed by atoms with van der Waals surface area (Å²) in [6.07, 6.45) is 0.412. The molecule has 2 N–H and O–H groups in total. The molecule has 2 amide bonds. The number of benzene rings is 2. The Morgan fingerprint density at radius 2 is 1.60 bits per heavy atom. The smallest absolute Gasteiger partial charge is 0.347 e. The summed E-state index contributed by atoms with van der Waals surface area (Å²) in [7, 11) is 1.57. The van der Waals surface area contributed by atoms with E-state index < -0.39 is 24.6 Å². The lowest BCUT2D eigenvalue weighted by molar-refractivity contribution is -0.157. The number of hydrogen-bond donors (Lipinski definition) is 2. The number of methoxy groups -OCH3 is 1. The Labute approximate surface area is 174 Å². The van der Waals surface area contributed by atoms with E-state index in [-0.39, 0.29) is 5.91 Å². The number of ether oxygens (including phenoxy) is 2. The van der Waals surface area contributed by atoms with Gasteiger partial charge in [-0.25, -0.2) is 4.79 Å². The summed E-state index contributed by atoms with van der Waals surface area (Å²) in [5.74, 6) is -0.710. The van der Waals surface area contributed by atoms with Gasteiger partial charge in [0.15, 0.2) is 6.10 Å². The molecular weight excluding hydrogens is 390 g/mol. The molecule has 0 spiro atoms. The standard InChI is InChI=1S/C21H23N3O6/c1-14(21(27)24-18-8-6-17(7-9-18)23-15(2)25)30-20(26)13-29-22-12-16-4-10-19(28-3)11-5-16/h4-12,14H,13H2,1-3H3,(H,23,25)(H,24,27)/b22-12-/t14-/m1/s1. The average molecular weight is 413 g/mol. The van der Waals surface area contributed by atoms with Crippen molar-refractivity contribution in [3.8, 4) is 5.75 Å². The van der Waals surface area contributed by atoms with E-state index in [0.29, 0.717) is 17.1 Å². The van der Waals surface area contributed by atoms with Gasteiger partial charge in [0.05, 0.1) is 13.3 Å². The predicted octanol–water partition coefficient (Wildman–Crippen LogP) is 2.57. The second-order valence-electron chi connectivity index (χ2n) is 6.16. The number of nitrogens with one attached hydrogen (secondary N) is 2. The summed E-state index contributed by atoms with van der Waals surface area (Å²) in [6, 6.07) is 13.6. The molecule has 0 bridgehead atoms. The lowest BCUT2D eigenvalue weighted by Gasteiger charge is -2.13. The molecule has 1 atom stereocenters. The molecule has 0 unspecified atom stereocenters. The third-order valence-electron chi connectivity index (χ3n) is 3.72. The molecule has 0 heterocycles. The summed E-state index contributed by atoms with van der Waals surface area (Å²) >= 11 is 0. The highest BCUT2D eigenvalue weighted by molar-refractivity contribution is 5.95. The third-order valence-corrected chi connectivity index (χ3v) is 3.72. The SMILES string of the molecule is COc1ccc(/C=N\OCC(=O)O[C@H](C)C(=O)Nc2ccc(NC(C)=O)cc2)cc1. The van der Waals surface area contributed by atoms with Gasteiger partial charge >= 0.3 is 5.97 Å². The number of hydrogen-bond acceptors (Lipinski definition) is 7. The van der Waals surface area contributed by atoms with Crippen LogP contribution in [0.1, 0.15) is 19.4 Å². The lowest BCUT2D eigenvalue weighted by Crippen LogP contribution is -2.31. The van der Waals surface area contributed by atoms with E-state index in [9.17, 15) is 14.4 Å². The van der Waals surface area contributed by atoms with Crippen molar-refractivity contribution in [2.45, 2.75) is 20.0 Å². The normalized spacial score (nSPS) is 11.4. The topological polar surface area (TPSA) is 115 Å². The van der Waals surface area contributed by atoms with Crippen LogP contribution < -0.4 is 15.4 Å². The average Bonchev–Trinajstić information content (AvgIpc) is 2.72. The molecule has 0 aromatic heterocycles. The van der Waals surface area contributed by atoms with Crippen LogP contribution in [0, 0.1) is 0 Å². The maximum Gasteiger partial charge on any atom is 0.347 e. The van der Waals surface area contributed by atoms with Crippen molar-refractivity contribution in [3.63, 3.8) is 0 Å². The summed E-state index contributed by atoms with van der Waals surface area (Å²) in [4.78, 5) is 39.8. The maximum atomic E-state index is 12.1. The minimum atomic E-state index is -1.03. The second kappa shape index (κ2) is 11.2. The highest BCUT2D eigenvalue weighted by atomic mass is 16.7. The van der Waals surface area contributed by atoms with Crippen LogP contribution in [0.2, 0.25) is 0 Å². The molecule has 0 aliphatic rings. The van der Waals surface area contributed by atoms with Crippen LogP contribution in [-0.2, 0) is 24.0 Å². The first-order chi connectivity index (χ1) is 14.4. The van der Waals surface area contributed by atoms with Gasteiger partial charge < -0.3 is 24.9 Å². The van der Waals surface area contributed by atoms with Crippen molar-refractivity contribution >= 4 is 35.4 Å². The predicted molar refractivity (Wildman–Crippen MR) is 111 cm³/mol. The molecular formula is C21H23N3O6. The van der Waals surface area contributed by atoms with E-state index in [4.69, 9.17) is 14.3 Å². The molecule has 2 rings (SSSR count). The number of amides is 2. The molecule has 0 aliphatic heterocycles. The zero-order valence-electron chi connectivity index (χ0n) is 16.9. The van der Waals surface area contributed by atoms with Crippen LogP contribution in [0.5, 0.6) is 5.75 Å². The fraction of sp³-hybridized carbons (Fsp3) is 0.238. The maximum absolute atomic E-state index is 12.1. The Morgan fingerprint density at radius 3 is 2.17 bits per heavy atom. The van der Waals surface area contributed by atoms with Crippen LogP contribution in [0.25, 0.3) is 0 Å². The van der Waals surface area contributed by atoms with Crippen molar-refractivity contribution in [1.29, 1.82) is 0 Å². The fourth-order valence-electron chi connectivity index (χ4n) is 2.25. The number of esters is 1. The molecule has 9 heteroatoms. The molecule has 30 heavy (non-hydrogen) atoms. The van der Waals surface area contributed by atoms with Crippen molar-refractivity contribution in [2.24, 2.45) is 5.16 Å². The molecule has 2 aromatic carbocycles. The van der Waals surface area contributed by atoms with E-state index in [1.165, 1.54) is 20.1 Å². The first kappa shape index (κ1) is 22.4. The van der Waals surface area contributed by atoms with Crippen LogP contribution in [0.4, 0.5) is 11.4 Å². The van der Waals surface area contributed by atoms with E-state index in [2.05, 4.69) is 15.8 Å². The lowest BCUT2D eigenvalue weighted by atomic mass is 10.2. The monoisotopic (exact) mass is 413 g/mol. The van der Waals surface area contributed by atoms with Gasteiger partial charge in [-0.15, -0.1) is 0 Å². The van der Waals surface area contributed by atoms with Crippen LogP contribution >= 0.6 is 0 Å². The highest BCUT2D eigenvalue weighted by Gasteiger charge is 2.18. The van der Waals surface area contributed by atoms with Crippen molar-refractivity contribution in [1.82, 2.24) is 0 Å². The number of carbonyl (C=O) groups excluding carboxylic acids is 3. The van der Waals surface area contributed by atoms with Crippen LogP contribution in [0.3, 0.4) is 0 Å². The highest BCUT2D eigenvalue weighted by Crippen LogP contribution is 2.14. The van der Waals surface area contributed by atoms with E-state index in [1.54, 1.807) is 55.6 Å². The third kappa shape index (κ3) is 7.63. The Hall–Kier alpha value is -3.88. The summed E-state index contributed by atoms with van der Waals surface area (Å²) in [6.45, 7) is 2.41. The van der Waals surface area contributed by atoms with E-state index >= 15 is 0 Å². The van der Waals surface area contributed by atoms with Gasteiger partial charge in [-0.3, -0.25) is 9.59 Å². The molecule has 9 nitrogen and oxygen atoms in total. The number of anilines is 2. The van der Waals surface area contributed by atoms with Gasteiger partial charge in [-0.1, -0.05) is 5.16 Å². The zero-order valence-corrected chi connectivity index (χ0v) is 16.9. The van der Waals surface area contributed by atoms with Gasteiger partial charge in [-0.2, -0.15) is 0 Å². The molecule has 0 saturated heterocycles. The summed E-state index contributed by atoms with van der Waals surface area (Å²) in [5, 5.41) is 8.93. The molecule has 0 aliphatic carbocycles. The Bertz CT molecular complexity index is 894. The van der Waals surface area contributed by atoms with Gasteiger partial charge in [0, 0.05) is 18.3 Å². The van der Waals surface area contributed by atoms with Gasteiger partial charge in [0.2, 0.25) is 12.5 Å². The molecule has 0 radical (unpaired) electrons. The molecule has 158 valence electrons. The largest absolute Gasteiger partial charge is 0.497 e. The molecule has 0 saturated carbocycles. The number of rotatable bonds is 9. The van der Waals surface area contributed by atoms with Gasteiger partial charge in [-0.05, 0) is 61.0 Å². The van der Waals surface area contributed by atoms with Gasteiger partial charge in [0.25, 0.3) is 5.91 Å². The summed E-state index contributed by atoms with van der Waals surface area (Å²) < 4.78 is 10.1. The van der Waals surface area contributed by atoms with Crippen molar-refractivity contribution in [2.75, 3.05) is 24.4 Å². The molecule has 0 fully saturated rings. The number of nitrogens with zero attached hydrogens (tertiary/aromatic N) is 1. The Kier molecular flexibility index (Phi) is 8.37. The summed E-state index contributed by atoms with van der Waals surface area (Å²) in [5.41, 5.74) is 1.87. The van der Waals surface area contributed by atoms with Crippen molar-refractivity contribution in [3.05, 3.63) is 54.1 Å². The Morgan fingerprint density at radius 1 is 1.00 bits per heavy atom. The van der Waals surface area contributed by atoms with E-state index in [1.807, 2.05) is 0 Å². The minimum absolute atomic E-state index is 0.192. The van der Waals surface area contributed by atoms with Gasteiger partial charge in [0.1, 0.15) is 5.75 Å². The number of oxime groups is 1. The molecule has 2 aromatic rings. The van der Waals surface area contributed by atoms with Crippen LogP contribution in [-0.4, -0.2) is 43.8 Å². The zero-order chi connectivity index (χ0) is 21.9. The second-order valence-corrected chi connectivity index (χ2v) is 6.16. The first-order valence-corrected chi connectivity index (χ1v) is 9.05. The quantitative estimate of drug-likeness (QED) is 0.371. The first-order valence-electron chi connectivity index (χ1n) is 9.05. The number of carbonyl (C=O) groups is 3. The Balaban J connectivity index is 1.74. The van der Waals surface area contributed by atoms with Crippen molar-refractivity contribution < 1.29 is 28.7 Å². The van der Waals surface area contributed by atoms with E-state index in [0.717, 1.165) is 5.56 Å². The van der Waals surface area contributed by atoms with Crippen LogP contribution in [0.15, 0.2) is 53.7 Å². The fourth-order valence-corrected chi connectivity index (χ4v) is 2.25.